The molecule has 0 unspecified atom stereocenters. The van der Waals surface area contributed by atoms with Crippen LogP contribution < -0.4 is 11.3 Å². The molecule has 17 heavy (non-hydrogen) atoms. The zero-order chi connectivity index (χ0) is 12.4. The molecule has 2 rings (SSSR count). The minimum absolute atomic E-state index is 0.0631. The van der Waals surface area contributed by atoms with E-state index in [4.69, 9.17) is 5.73 Å². The second-order valence-electron chi connectivity index (χ2n) is 3.95. The molecule has 4 nitrogen and oxygen atoms in total. The molecular weight excluding hydrogens is 214 g/mol. The smallest absolute Gasteiger partial charge is 0.254 e. The lowest BCUT2D eigenvalue weighted by Gasteiger charge is -2.05. The van der Waals surface area contributed by atoms with Gasteiger partial charge >= 0.3 is 0 Å². The summed E-state index contributed by atoms with van der Waals surface area (Å²) in [5.74, 6) is 0.588. The first-order valence-electron chi connectivity index (χ1n) is 5.57. The zero-order valence-electron chi connectivity index (χ0n) is 9.95. The van der Waals surface area contributed by atoms with E-state index < -0.39 is 0 Å². The molecule has 0 aliphatic carbocycles. The van der Waals surface area contributed by atoms with Crippen molar-refractivity contribution in [1.82, 2.24) is 9.97 Å². The van der Waals surface area contributed by atoms with Crippen LogP contribution in [0, 0.1) is 6.92 Å². The number of nitrogen functional groups attached to an aromatic ring is 1. The van der Waals surface area contributed by atoms with Gasteiger partial charge in [-0.3, -0.25) is 4.79 Å². The van der Waals surface area contributed by atoms with Gasteiger partial charge in [-0.1, -0.05) is 6.92 Å². The third-order valence-electron chi connectivity index (χ3n) is 2.76. The SMILES string of the molecule is CCc1c(C)nc(-c2ccc(N)cc2)[nH]c1=O. The van der Waals surface area contributed by atoms with Gasteiger partial charge in [-0.15, -0.1) is 0 Å². The van der Waals surface area contributed by atoms with Crippen molar-refractivity contribution in [2.24, 2.45) is 0 Å². The molecule has 1 heterocycles. The summed E-state index contributed by atoms with van der Waals surface area (Å²) >= 11 is 0. The summed E-state index contributed by atoms with van der Waals surface area (Å²) in [6, 6.07) is 7.27. The predicted octanol–water partition coefficient (Wildman–Crippen LogP) is 1.89. The van der Waals surface area contributed by atoms with Crippen molar-refractivity contribution in [3.8, 4) is 11.4 Å². The van der Waals surface area contributed by atoms with Crippen molar-refractivity contribution >= 4 is 5.69 Å². The number of nitrogens with one attached hydrogen (secondary N) is 1. The summed E-state index contributed by atoms with van der Waals surface area (Å²) in [6.07, 6.45) is 0.691. The molecule has 0 spiro atoms. The number of aromatic nitrogens is 2. The van der Waals surface area contributed by atoms with E-state index in [9.17, 15) is 4.79 Å². The van der Waals surface area contributed by atoms with Crippen LogP contribution in [0.1, 0.15) is 18.2 Å². The average molecular weight is 229 g/mol. The third kappa shape index (κ3) is 2.20. The van der Waals surface area contributed by atoms with Gasteiger partial charge in [0.25, 0.3) is 5.56 Å². The van der Waals surface area contributed by atoms with Gasteiger partial charge in [0.05, 0.1) is 0 Å². The van der Waals surface area contributed by atoms with E-state index >= 15 is 0 Å². The van der Waals surface area contributed by atoms with Crippen molar-refractivity contribution in [2.45, 2.75) is 20.3 Å². The van der Waals surface area contributed by atoms with Crippen LogP contribution in [0.4, 0.5) is 5.69 Å². The van der Waals surface area contributed by atoms with E-state index in [1.807, 2.05) is 26.0 Å². The molecule has 0 bridgehead atoms. The van der Waals surface area contributed by atoms with Gasteiger partial charge in [-0.25, -0.2) is 4.98 Å². The highest BCUT2D eigenvalue weighted by molar-refractivity contribution is 5.58. The molecule has 2 aromatic rings. The maximum absolute atomic E-state index is 11.8. The van der Waals surface area contributed by atoms with Crippen molar-refractivity contribution in [3.63, 3.8) is 0 Å². The molecular formula is C13H15N3O. The van der Waals surface area contributed by atoms with Crippen molar-refractivity contribution in [1.29, 1.82) is 0 Å². The third-order valence-corrected chi connectivity index (χ3v) is 2.76. The summed E-state index contributed by atoms with van der Waals surface area (Å²) in [4.78, 5) is 19.0. The van der Waals surface area contributed by atoms with Crippen molar-refractivity contribution < 1.29 is 0 Å². The fourth-order valence-corrected chi connectivity index (χ4v) is 1.80. The van der Waals surface area contributed by atoms with Crippen LogP contribution in [-0.2, 0) is 6.42 Å². The Morgan fingerprint density at radius 3 is 2.47 bits per heavy atom. The number of aromatic amines is 1. The molecule has 0 saturated carbocycles. The van der Waals surface area contributed by atoms with Gasteiger partial charge in [0.1, 0.15) is 5.82 Å². The summed E-state index contributed by atoms with van der Waals surface area (Å²) in [7, 11) is 0. The quantitative estimate of drug-likeness (QED) is 0.772. The Morgan fingerprint density at radius 2 is 1.94 bits per heavy atom. The minimum Gasteiger partial charge on any atom is -0.399 e. The van der Waals surface area contributed by atoms with Crippen LogP contribution in [0.3, 0.4) is 0 Å². The van der Waals surface area contributed by atoms with Crippen LogP contribution in [0.15, 0.2) is 29.1 Å². The summed E-state index contributed by atoms with van der Waals surface area (Å²) in [6.45, 7) is 3.80. The molecule has 4 heteroatoms. The number of rotatable bonds is 2. The van der Waals surface area contributed by atoms with Crippen LogP contribution >= 0.6 is 0 Å². The molecule has 0 radical (unpaired) electrons. The van der Waals surface area contributed by atoms with E-state index in [1.54, 1.807) is 12.1 Å². The minimum atomic E-state index is -0.0631. The zero-order valence-corrected chi connectivity index (χ0v) is 9.95. The van der Waals surface area contributed by atoms with Gasteiger partial charge in [0.2, 0.25) is 0 Å². The lowest BCUT2D eigenvalue weighted by molar-refractivity contribution is 0.968. The largest absolute Gasteiger partial charge is 0.399 e. The Kier molecular flexibility index (Phi) is 2.95. The molecule has 0 aliphatic heterocycles. The molecule has 88 valence electrons. The first kappa shape index (κ1) is 11.4. The Bertz CT molecular complexity index is 585. The second-order valence-corrected chi connectivity index (χ2v) is 3.95. The molecule has 1 aromatic carbocycles. The number of anilines is 1. The number of H-pyrrole nitrogens is 1. The number of benzene rings is 1. The Morgan fingerprint density at radius 1 is 1.29 bits per heavy atom. The van der Waals surface area contributed by atoms with Crippen molar-refractivity contribution in [2.75, 3.05) is 5.73 Å². The Labute approximate surface area is 99.5 Å². The lowest BCUT2D eigenvalue weighted by Crippen LogP contribution is -2.16. The highest BCUT2D eigenvalue weighted by Crippen LogP contribution is 2.16. The highest BCUT2D eigenvalue weighted by Gasteiger charge is 2.07. The summed E-state index contributed by atoms with van der Waals surface area (Å²) < 4.78 is 0. The molecule has 0 aliphatic rings. The van der Waals surface area contributed by atoms with E-state index in [2.05, 4.69) is 9.97 Å². The standard InChI is InChI=1S/C13H15N3O/c1-3-11-8(2)15-12(16-13(11)17)9-4-6-10(14)7-5-9/h4-7H,3,14H2,1-2H3,(H,15,16,17). The predicted molar refractivity (Wildman–Crippen MR) is 68.8 cm³/mol. The maximum Gasteiger partial charge on any atom is 0.254 e. The second kappa shape index (κ2) is 4.41. The Hall–Kier alpha value is -2.10. The number of nitrogens with two attached hydrogens (primary N) is 1. The fourth-order valence-electron chi connectivity index (χ4n) is 1.80. The molecule has 3 N–H and O–H groups in total. The van der Waals surface area contributed by atoms with Gasteiger partial charge in [0.15, 0.2) is 0 Å². The first-order chi connectivity index (χ1) is 8.11. The fraction of sp³-hybridized carbons (Fsp3) is 0.231. The highest BCUT2D eigenvalue weighted by atomic mass is 16.1. The molecule has 0 amide bonds. The monoisotopic (exact) mass is 229 g/mol. The molecule has 0 fully saturated rings. The van der Waals surface area contributed by atoms with Gasteiger partial charge in [0, 0.05) is 22.5 Å². The van der Waals surface area contributed by atoms with E-state index in [-0.39, 0.29) is 5.56 Å². The van der Waals surface area contributed by atoms with Gasteiger partial charge in [-0.05, 0) is 37.6 Å². The first-order valence-corrected chi connectivity index (χ1v) is 5.57. The van der Waals surface area contributed by atoms with Crippen LogP contribution in [0.5, 0.6) is 0 Å². The van der Waals surface area contributed by atoms with E-state index in [0.29, 0.717) is 17.9 Å². The maximum atomic E-state index is 11.8. The van der Waals surface area contributed by atoms with E-state index in [0.717, 1.165) is 16.8 Å². The van der Waals surface area contributed by atoms with Crippen LogP contribution in [0.2, 0.25) is 0 Å². The summed E-state index contributed by atoms with van der Waals surface area (Å²) in [5.41, 5.74) is 8.63. The molecule has 0 atom stereocenters. The molecule has 0 saturated heterocycles. The van der Waals surface area contributed by atoms with Crippen LogP contribution in [-0.4, -0.2) is 9.97 Å². The van der Waals surface area contributed by atoms with Crippen LogP contribution in [0.25, 0.3) is 11.4 Å². The topological polar surface area (TPSA) is 71.8 Å². The number of hydrogen-bond donors (Lipinski definition) is 2. The number of hydrogen-bond acceptors (Lipinski definition) is 3. The normalized spacial score (nSPS) is 10.5. The van der Waals surface area contributed by atoms with Crippen molar-refractivity contribution in [3.05, 3.63) is 45.9 Å². The Balaban J connectivity index is 2.54. The van der Waals surface area contributed by atoms with Gasteiger partial charge in [-0.2, -0.15) is 0 Å². The van der Waals surface area contributed by atoms with E-state index in [1.165, 1.54) is 0 Å². The lowest BCUT2D eigenvalue weighted by atomic mass is 10.1. The van der Waals surface area contributed by atoms with Gasteiger partial charge < -0.3 is 10.7 Å². The number of aryl methyl sites for hydroxylation is 1. The number of nitrogens with zero attached hydrogens (tertiary/aromatic N) is 1. The molecule has 1 aromatic heterocycles. The summed E-state index contributed by atoms with van der Waals surface area (Å²) in [5, 5.41) is 0. The average Bonchev–Trinajstić information content (AvgIpc) is 2.29.